The van der Waals surface area contributed by atoms with Crippen molar-refractivity contribution < 1.29 is 4.79 Å². The van der Waals surface area contributed by atoms with Gasteiger partial charge in [0.1, 0.15) is 6.07 Å². The minimum Gasteiger partial charge on any atom is -0.368 e. The first kappa shape index (κ1) is 17.8. The number of hydrogen-bond donors (Lipinski definition) is 2. The predicted octanol–water partition coefficient (Wildman–Crippen LogP) is 1.45. The molecule has 2 atom stereocenters. The Kier molecular flexibility index (Phi) is 5.44. The summed E-state index contributed by atoms with van der Waals surface area (Å²) in [7, 11) is 0. The zero-order chi connectivity index (χ0) is 18.5. The molecule has 7 nitrogen and oxygen atoms in total. The minimum atomic E-state index is -0.469. The lowest BCUT2D eigenvalue weighted by molar-refractivity contribution is -0.123. The Morgan fingerprint density at radius 2 is 2.23 bits per heavy atom. The smallest absolute Gasteiger partial charge is 0.237 e. The Bertz CT molecular complexity index is 817. The van der Waals surface area contributed by atoms with Crippen LogP contribution in [0.1, 0.15) is 25.3 Å². The zero-order valence-corrected chi connectivity index (χ0v) is 14.7. The molecule has 3 N–H and O–H groups in total. The Hall–Kier alpha value is -2.98. The van der Waals surface area contributed by atoms with Gasteiger partial charge < -0.3 is 16.0 Å². The fourth-order valence-corrected chi connectivity index (χ4v) is 3.08. The summed E-state index contributed by atoms with van der Waals surface area (Å²) in [4.78, 5) is 22.6. The van der Waals surface area contributed by atoms with Gasteiger partial charge in [-0.3, -0.25) is 4.79 Å². The maximum atomic E-state index is 12.0. The standard InChI is InChI=1S/C19H22N6O/c1-2-16(21)19(26)24-15-6-9-25(12-15)17-5-4-13(10-14(17)11-20)18-22-7-3-8-23-18/h3-5,7-8,10,15-16H,2,6,9,12,21H2,1H3,(H,24,26). The molecule has 1 aliphatic rings. The molecule has 1 aromatic carbocycles. The van der Waals surface area contributed by atoms with Crippen LogP contribution in [0.5, 0.6) is 0 Å². The van der Waals surface area contributed by atoms with Gasteiger partial charge in [0.15, 0.2) is 5.82 Å². The van der Waals surface area contributed by atoms with Gasteiger partial charge in [-0.25, -0.2) is 9.97 Å². The van der Waals surface area contributed by atoms with Crippen LogP contribution in [0, 0.1) is 11.3 Å². The van der Waals surface area contributed by atoms with E-state index in [-0.39, 0.29) is 11.9 Å². The zero-order valence-electron chi connectivity index (χ0n) is 14.7. The number of aromatic nitrogens is 2. The van der Waals surface area contributed by atoms with Crippen molar-refractivity contribution in [3.05, 3.63) is 42.2 Å². The topological polar surface area (TPSA) is 108 Å². The van der Waals surface area contributed by atoms with Crippen LogP contribution in [0.4, 0.5) is 5.69 Å². The molecule has 2 aromatic rings. The van der Waals surface area contributed by atoms with Crippen LogP contribution in [-0.4, -0.2) is 41.0 Å². The molecule has 2 unspecified atom stereocenters. The highest BCUT2D eigenvalue weighted by molar-refractivity contribution is 5.81. The molecule has 1 saturated heterocycles. The summed E-state index contributed by atoms with van der Waals surface area (Å²) in [5.74, 6) is 0.479. The Morgan fingerprint density at radius 1 is 1.46 bits per heavy atom. The molecule has 1 amide bonds. The molecule has 0 radical (unpaired) electrons. The summed E-state index contributed by atoms with van der Waals surface area (Å²) in [6.07, 6.45) is 4.80. The predicted molar refractivity (Wildman–Crippen MR) is 99.2 cm³/mol. The number of nitrogens with one attached hydrogen (secondary N) is 1. The number of nitriles is 1. The summed E-state index contributed by atoms with van der Waals surface area (Å²) in [5, 5.41) is 12.6. The van der Waals surface area contributed by atoms with Gasteiger partial charge >= 0.3 is 0 Å². The molecule has 3 rings (SSSR count). The lowest BCUT2D eigenvalue weighted by Gasteiger charge is -2.21. The quantitative estimate of drug-likeness (QED) is 0.845. The molecule has 0 aliphatic carbocycles. The molecule has 1 fully saturated rings. The summed E-state index contributed by atoms with van der Waals surface area (Å²) < 4.78 is 0. The number of amides is 1. The van der Waals surface area contributed by atoms with Crippen molar-refractivity contribution in [1.82, 2.24) is 15.3 Å². The molecule has 0 saturated carbocycles. The highest BCUT2D eigenvalue weighted by Crippen LogP contribution is 2.28. The van der Waals surface area contributed by atoms with Crippen molar-refractivity contribution >= 4 is 11.6 Å². The van der Waals surface area contributed by atoms with E-state index < -0.39 is 6.04 Å². The van der Waals surface area contributed by atoms with Gasteiger partial charge in [-0.15, -0.1) is 0 Å². The van der Waals surface area contributed by atoms with Crippen molar-refractivity contribution in [2.24, 2.45) is 5.73 Å². The van der Waals surface area contributed by atoms with E-state index in [2.05, 4.69) is 26.3 Å². The van der Waals surface area contributed by atoms with Crippen LogP contribution < -0.4 is 16.0 Å². The van der Waals surface area contributed by atoms with E-state index in [1.165, 1.54) is 0 Å². The number of anilines is 1. The molecular weight excluding hydrogens is 328 g/mol. The van der Waals surface area contributed by atoms with Crippen molar-refractivity contribution in [1.29, 1.82) is 5.26 Å². The van der Waals surface area contributed by atoms with Crippen LogP contribution >= 0.6 is 0 Å². The Labute approximate surface area is 152 Å². The number of carbonyl (C=O) groups is 1. The second-order valence-electron chi connectivity index (χ2n) is 6.37. The average molecular weight is 350 g/mol. The highest BCUT2D eigenvalue weighted by Gasteiger charge is 2.27. The van der Waals surface area contributed by atoms with Crippen LogP contribution in [0.25, 0.3) is 11.4 Å². The molecule has 2 heterocycles. The third-order valence-electron chi connectivity index (χ3n) is 4.59. The van der Waals surface area contributed by atoms with E-state index >= 15 is 0 Å². The van der Waals surface area contributed by atoms with Crippen molar-refractivity contribution in [3.8, 4) is 17.5 Å². The number of rotatable bonds is 5. The Morgan fingerprint density at radius 3 is 2.92 bits per heavy atom. The van der Waals surface area contributed by atoms with E-state index in [1.807, 2.05) is 25.1 Å². The first-order valence-electron chi connectivity index (χ1n) is 8.74. The summed E-state index contributed by atoms with van der Waals surface area (Å²) in [6.45, 7) is 3.34. The third-order valence-corrected chi connectivity index (χ3v) is 4.59. The van der Waals surface area contributed by atoms with Gasteiger partial charge in [-0.1, -0.05) is 6.92 Å². The molecule has 134 valence electrons. The normalized spacial score (nSPS) is 17.6. The van der Waals surface area contributed by atoms with Crippen LogP contribution in [0.2, 0.25) is 0 Å². The van der Waals surface area contributed by atoms with Gasteiger partial charge in [-0.05, 0) is 37.1 Å². The Balaban J connectivity index is 1.74. The second-order valence-corrected chi connectivity index (χ2v) is 6.37. The molecular formula is C19H22N6O. The SMILES string of the molecule is CCC(N)C(=O)NC1CCN(c2ccc(-c3ncccn3)cc2C#N)C1. The minimum absolute atomic E-state index is 0.0452. The van der Waals surface area contributed by atoms with E-state index in [9.17, 15) is 10.1 Å². The van der Waals surface area contributed by atoms with E-state index in [1.54, 1.807) is 18.5 Å². The van der Waals surface area contributed by atoms with E-state index in [0.29, 0.717) is 24.4 Å². The van der Waals surface area contributed by atoms with Gasteiger partial charge in [0, 0.05) is 37.1 Å². The lowest BCUT2D eigenvalue weighted by atomic mass is 10.1. The summed E-state index contributed by atoms with van der Waals surface area (Å²) >= 11 is 0. The first-order valence-corrected chi connectivity index (χ1v) is 8.74. The molecule has 0 bridgehead atoms. The van der Waals surface area contributed by atoms with Crippen molar-refractivity contribution in [2.75, 3.05) is 18.0 Å². The van der Waals surface area contributed by atoms with Crippen LogP contribution in [0.3, 0.4) is 0 Å². The van der Waals surface area contributed by atoms with Gasteiger partial charge in [0.2, 0.25) is 5.91 Å². The van der Waals surface area contributed by atoms with Crippen LogP contribution in [-0.2, 0) is 4.79 Å². The maximum Gasteiger partial charge on any atom is 0.237 e. The number of benzene rings is 1. The van der Waals surface area contributed by atoms with Crippen molar-refractivity contribution in [3.63, 3.8) is 0 Å². The third kappa shape index (κ3) is 3.81. The van der Waals surface area contributed by atoms with E-state index in [4.69, 9.17) is 5.73 Å². The maximum absolute atomic E-state index is 12.0. The second kappa shape index (κ2) is 7.93. The van der Waals surface area contributed by atoms with Gasteiger partial charge in [0.25, 0.3) is 0 Å². The van der Waals surface area contributed by atoms with E-state index in [0.717, 1.165) is 24.2 Å². The van der Waals surface area contributed by atoms with Gasteiger partial charge in [0.05, 0.1) is 17.3 Å². The van der Waals surface area contributed by atoms with Crippen LogP contribution in [0.15, 0.2) is 36.7 Å². The molecule has 1 aliphatic heterocycles. The summed E-state index contributed by atoms with van der Waals surface area (Å²) in [6, 6.07) is 9.25. The summed E-state index contributed by atoms with van der Waals surface area (Å²) in [5.41, 5.74) is 8.03. The fourth-order valence-electron chi connectivity index (χ4n) is 3.08. The molecule has 1 aromatic heterocycles. The highest BCUT2D eigenvalue weighted by atomic mass is 16.2. The average Bonchev–Trinajstić information content (AvgIpc) is 3.15. The first-order chi connectivity index (χ1) is 12.6. The number of hydrogen-bond acceptors (Lipinski definition) is 6. The molecule has 0 spiro atoms. The molecule has 26 heavy (non-hydrogen) atoms. The van der Waals surface area contributed by atoms with Crippen molar-refractivity contribution in [2.45, 2.75) is 31.8 Å². The number of nitrogens with zero attached hydrogens (tertiary/aromatic N) is 4. The lowest BCUT2D eigenvalue weighted by Crippen LogP contribution is -2.46. The fraction of sp³-hybridized carbons (Fsp3) is 0.368. The molecule has 7 heteroatoms. The largest absolute Gasteiger partial charge is 0.368 e. The monoisotopic (exact) mass is 350 g/mol. The number of nitrogens with two attached hydrogens (primary N) is 1. The number of carbonyl (C=O) groups excluding carboxylic acids is 1. The van der Waals surface area contributed by atoms with Gasteiger partial charge in [-0.2, -0.15) is 5.26 Å².